The normalized spacial score (nSPS) is 19.1. The number of nitrogens with one attached hydrogen (secondary N) is 2. The smallest absolute Gasteiger partial charge is 0.142 e. The highest BCUT2D eigenvalue weighted by Crippen LogP contribution is 2.32. The van der Waals surface area contributed by atoms with Gasteiger partial charge in [0.05, 0.1) is 24.2 Å². The number of allylic oxidation sites excluding steroid dienone is 1. The first-order valence-electron chi connectivity index (χ1n) is 14.3. The van der Waals surface area contributed by atoms with E-state index in [1.54, 1.807) is 49.5 Å². The number of hydrogen-bond acceptors (Lipinski definition) is 9. The van der Waals surface area contributed by atoms with Crippen LogP contribution in [0.5, 0.6) is 0 Å². The Hall–Kier alpha value is -2.88. The van der Waals surface area contributed by atoms with Gasteiger partial charge in [-0.05, 0) is 55.0 Å². The second kappa shape index (κ2) is 17.9. The minimum atomic E-state index is -0.363. The van der Waals surface area contributed by atoms with E-state index in [4.69, 9.17) is 0 Å². The second-order valence-electron chi connectivity index (χ2n) is 10.2. The minimum Gasteiger partial charge on any atom is -0.396 e. The number of halogens is 1. The molecule has 1 aromatic heterocycles. The van der Waals surface area contributed by atoms with Crippen LogP contribution < -0.4 is 10.6 Å². The molecule has 4 rings (SSSR count). The number of nitrogens with zero attached hydrogens (tertiary/aromatic N) is 3. The fourth-order valence-corrected chi connectivity index (χ4v) is 6.30. The Kier molecular flexibility index (Phi) is 14.4. The van der Waals surface area contributed by atoms with Crippen LogP contribution in [0.3, 0.4) is 0 Å². The molecule has 2 fully saturated rings. The number of carbonyl (C=O) groups excluding carboxylic acids is 1. The van der Waals surface area contributed by atoms with Crippen LogP contribution in [0, 0.1) is 11.7 Å². The summed E-state index contributed by atoms with van der Waals surface area (Å²) < 4.78 is 14.6. The highest BCUT2D eigenvalue weighted by molar-refractivity contribution is 8.03. The van der Waals surface area contributed by atoms with E-state index in [1.165, 1.54) is 55.3 Å². The van der Waals surface area contributed by atoms with Crippen molar-refractivity contribution < 1.29 is 14.3 Å². The molecule has 2 aromatic rings. The van der Waals surface area contributed by atoms with E-state index in [0.29, 0.717) is 39.1 Å². The summed E-state index contributed by atoms with van der Waals surface area (Å²) in [7, 11) is 1.60. The number of benzene rings is 1. The van der Waals surface area contributed by atoms with Crippen molar-refractivity contribution in [1.82, 2.24) is 9.88 Å². The Morgan fingerprint density at radius 3 is 2.71 bits per heavy atom. The minimum absolute atomic E-state index is 0.000218. The van der Waals surface area contributed by atoms with Crippen LogP contribution in [0.2, 0.25) is 0 Å². The molecule has 0 amide bonds. The Labute approximate surface area is 257 Å². The van der Waals surface area contributed by atoms with Gasteiger partial charge in [-0.15, -0.1) is 11.8 Å². The Morgan fingerprint density at radius 1 is 1.31 bits per heavy atom. The molecule has 1 aliphatic heterocycles. The first kappa shape index (κ1) is 33.6. The number of aliphatic imine (C=N–C) groups is 1. The van der Waals surface area contributed by atoms with Gasteiger partial charge in [0.15, 0.2) is 0 Å². The summed E-state index contributed by atoms with van der Waals surface area (Å²) >= 11 is 3.48. The summed E-state index contributed by atoms with van der Waals surface area (Å²) in [5.74, 6) is 5.92. The predicted molar refractivity (Wildman–Crippen MR) is 178 cm³/mol. The number of rotatable bonds is 12. The molecular weight excluding hydrogens is 570 g/mol. The molecular formula is C32H42FN5O2S2. The molecule has 1 saturated heterocycles. The monoisotopic (exact) mass is 611 g/mol. The zero-order valence-electron chi connectivity index (χ0n) is 24.7. The molecule has 0 atom stereocenters. The maximum absolute atomic E-state index is 14.6. The number of thioether (sulfide) groups is 2. The molecule has 2 aliphatic rings. The molecule has 0 radical (unpaired) electrons. The molecule has 0 unspecified atom stereocenters. The van der Waals surface area contributed by atoms with E-state index in [2.05, 4.69) is 50.8 Å². The Bertz CT molecular complexity index is 1280. The van der Waals surface area contributed by atoms with Crippen molar-refractivity contribution in [3.05, 3.63) is 82.9 Å². The maximum Gasteiger partial charge on any atom is 0.142 e. The SMILES string of the molecule is C=C(SCCO)/C(=C\C(=NC)c1cc(CC)ccc1F)Nc1ccnc(NC=C=O)c1.CC1CC(N2CCSCC2)C1. The van der Waals surface area contributed by atoms with Crippen LogP contribution in [0.4, 0.5) is 15.9 Å². The molecule has 7 nitrogen and oxygen atoms in total. The standard InChI is InChI=1S/C23H25FN4O2S.C9H17NS/c1-4-17-5-6-20(24)19(13-17)22(25-3)15-21(16(2)31-12-11-30)28-18-7-8-26-23(14-18)27-9-10-29;1-8-6-9(7-8)10-2-4-11-5-3-10/h5-9,13-15,30H,2,4,11-12H2,1,3H3,(H2,26,27,28);8-9H,2-7H2,1H3/b21-15+,25-22?;. The molecule has 2 heterocycles. The van der Waals surface area contributed by atoms with Gasteiger partial charge >= 0.3 is 0 Å². The van der Waals surface area contributed by atoms with Crippen LogP contribution in [-0.2, 0) is 11.2 Å². The fraction of sp³-hybridized carbons (Fsp3) is 0.438. The topological polar surface area (TPSA) is 89.9 Å². The lowest BCUT2D eigenvalue weighted by Crippen LogP contribution is -2.47. The number of aromatic nitrogens is 1. The van der Waals surface area contributed by atoms with Crippen molar-refractivity contribution in [3.63, 3.8) is 0 Å². The van der Waals surface area contributed by atoms with Gasteiger partial charge in [0.25, 0.3) is 0 Å². The van der Waals surface area contributed by atoms with Crippen LogP contribution >= 0.6 is 23.5 Å². The summed E-state index contributed by atoms with van der Waals surface area (Å²) in [5.41, 5.74) is 3.13. The van der Waals surface area contributed by atoms with Gasteiger partial charge in [-0.25, -0.2) is 14.2 Å². The summed E-state index contributed by atoms with van der Waals surface area (Å²) in [6, 6.07) is 9.39. The highest BCUT2D eigenvalue weighted by atomic mass is 32.2. The van der Waals surface area contributed by atoms with Crippen LogP contribution in [0.15, 0.2) is 71.0 Å². The largest absolute Gasteiger partial charge is 0.396 e. The molecule has 1 saturated carbocycles. The molecule has 42 heavy (non-hydrogen) atoms. The number of aliphatic hydroxyl groups excluding tert-OH is 1. The quantitative estimate of drug-likeness (QED) is 0.152. The number of hydrogen-bond donors (Lipinski definition) is 3. The summed E-state index contributed by atoms with van der Waals surface area (Å²) in [5, 5.41) is 15.1. The summed E-state index contributed by atoms with van der Waals surface area (Å²) in [6.07, 6.45) is 8.12. The van der Waals surface area contributed by atoms with Crippen LogP contribution in [-0.4, -0.2) is 76.7 Å². The molecule has 226 valence electrons. The molecule has 0 spiro atoms. The zero-order valence-corrected chi connectivity index (χ0v) is 26.4. The molecule has 1 aromatic carbocycles. The first-order chi connectivity index (χ1) is 20.4. The van der Waals surface area contributed by atoms with Crippen molar-refractivity contribution in [2.75, 3.05) is 54.6 Å². The molecule has 3 N–H and O–H groups in total. The van der Waals surface area contributed by atoms with Crippen molar-refractivity contribution in [3.8, 4) is 0 Å². The van der Waals surface area contributed by atoms with Gasteiger partial charge in [-0.1, -0.05) is 26.5 Å². The lowest BCUT2D eigenvalue weighted by atomic mass is 9.81. The Balaban J connectivity index is 0.000000363. The third kappa shape index (κ3) is 10.4. The average Bonchev–Trinajstić information content (AvgIpc) is 3.00. The van der Waals surface area contributed by atoms with Gasteiger partial charge < -0.3 is 15.7 Å². The predicted octanol–water partition coefficient (Wildman–Crippen LogP) is 6.03. The van der Waals surface area contributed by atoms with Crippen molar-refractivity contribution in [2.24, 2.45) is 10.9 Å². The third-order valence-corrected chi connectivity index (χ3v) is 9.03. The Morgan fingerprint density at radius 2 is 2.07 bits per heavy atom. The van der Waals surface area contributed by atoms with E-state index >= 15 is 0 Å². The lowest BCUT2D eigenvalue weighted by molar-refractivity contribution is 0.0961. The number of pyridine rings is 1. The fourth-order valence-electron chi connectivity index (χ4n) is 4.77. The van der Waals surface area contributed by atoms with Gasteiger partial charge in [0.2, 0.25) is 0 Å². The molecule has 0 bridgehead atoms. The van der Waals surface area contributed by atoms with Gasteiger partial charge in [-0.2, -0.15) is 11.8 Å². The van der Waals surface area contributed by atoms with E-state index in [1.807, 2.05) is 6.92 Å². The second-order valence-corrected chi connectivity index (χ2v) is 12.6. The lowest BCUT2D eigenvalue weighted by Gasteiger charge is -2.43. The molecule has 10 heteroatoms. The summed E-state index contributed by atoms with van der Waals surface area (Å²) in [4.78, 5) is 22.2. The zero-order chi connectivity index (χ0) is 30.3. The van der Waals surface area contributed by atoms with Crippen LogP contribution in [0.1, 0.15) is 37.8 Å². The molecule has 1 aliphatic carbocycles. The van der Waals surface area contributed by atoms with E-state index < -0.39 is 0 Å². The first-order valence-corrected chi connectivity index (χ1v) is 16.4. The van der Waals surface area contributed by atoms with Crippen molar-refractivity contribution in [1.29, 1.82) is 0 Å². The average molecular weight is 612 g/mol. The third-order valence-electron chi connectivity index (χ3n) is 7.13. The van der Waals surface area contributed by atoms with E-state index in [9.17, 15) is 14.3 Å². The van der Waals surface area contributed by atoms with Gasteiger partial charge in [0, 0.05) is 71.9 Å². The highest BCUT2D eigenvalue weighted by Gasteiger charge is 2.31. The van der Waals surface area contributed by atoms with Gasteiger partial charge in [0.1, 0.15) is 17.6 Å². The van der Waals surface area contributed by atoms with Crippen LogP contribution in [0.25, 0.3) is 0 Å². The number of aliphatic hydroxyl groups is 1. The van der Waals surface area contributed by atoms with Crippen molar-refractivity contribution in [2.45, 2.75) is 39.2 Å². The maximum atomic E-state index is 14.6. The number of aryl methyl sites for hydroxylation is 1. The number of anilines is 2. The summed E-state index contributed by atoms with van der Waals surface area (Å²) in [6.45, 7) is 11.2. The van der Waals surface area contributed by atoms with Crippen molar-refractivity contribution >= 4 is 46.7 Å². The van der Waals surface area contributed by atoms with E-state index in [-0.39, 0.29) is 12.4 Å². The van der Waals surface area contributed by atoms with Gasteiger partial charge in [-0.3, -0.25) is 9.89 Å². The van der Waals surface area contributed by atoms with E-state index in [0.717, 1.165) is 30.1 Å².